The average Bonchev–Trinajstić information content (AvgIpc) is 2.55. The summed E-state index contributed by atoms with van der Waals surface area (Å²) < 4.78 is 13.5. The normalized spacial score (nSPS) is 16.0. The quantitative estimate of drug-likeness (QED) is 0.800. The minimum atomic E-state index is -0.262. The lowest BCUT2D eigenvalue weighted by atomic mass is 10.0. The van der Waals surface area contributed by atoms with E-state index in [1.165, 1.54) is 12.1 Å². The van der Waals surface area contributed by atoms with Gasteiger partial charge in [0.05, 0.1) is 6.04 Å². The number of thioether (sulfide) groups is 1. The Morgan fingerprint density at radius 1 is 1.29 bits per heavy atom. The van der Waals surface area contributed by atoms with Crippen LogP contribution in [0.1, 0.15) is 30.0 Å². The van der Waals surface area contributed by atoms with E-state index in [4.69, 9.17) is 5.73 Å². The standard InChI is InChI=1S/C18H19FN2OS.ClH/c19-13-6-7-17-14(11-13)16(9-10-23-17)21-18(22)8-5-12-3-1-2-4-15(12)20;/h1-4,6-7,11,16H,5,8-10,20H2,(H,21,22);1H. The number of para-hydroxylation sites is 1. The summed E-state index contributed by atoms with van der Waals surface area (Å²) in [6, 6.07) is 12.2. The van der Waals surface area contributed by atoms with Crippen LogP contribution in [0.5, 0.6) is 0 Å². The summed E-state index contributed by atoms with van der Waals surface area (Å²) in [5.74, 6) is 0.637. The number of nitrogens with one attached hydrogen (secondary N) is 1. The number of hydrogen-bond donors (Lipinski definition) is 2. The van der Waals surface area contributed by atoms with E-state index < -0.39 is 0 Å². The molecule has 1 aliphatic heterocycles. The fraction of sp³-hybridized carbons (Fsp3) is 0.278. The molecule has 0 saturated heterocycles. The number of anilines is 1. The molecular weight excluding hydrogens is 347 g/mol. The van der Waals surface area contributed by atoms with Gasteiger partial charge in [0.2, 0.25) is 5.91 Å². The lowest BCUT2D eigenvalue weighted by Gasteiger charge is -2.26. The number of carbonyl (C=O) groups is 1. The van der Waals surface area contributed by atoms with E-state index in [1.54, 1.807) is 17.8 Å². The Labute approximate surface area is 151 Å². The number of nitrogens with two attached hydrogens (primary N) is 1. The summed E-state index contributed by atoms with van der Waals surface area (Å²) in [6.07, 6.45) is 1.80. The number of hydrogen-bond acceptors (Lipinski definition) is 3. The molecule has 0 spiro atoms. The van der Waals surface area contributed by atoms with Gasteiger partial charge in [-0.3, -0.25) is 4.79 Å². The molecule has 3 N–H and O–H groups in total. The summed E-state index contributed by atoms with van der Waals surface area (Å²) in [4.78, 5) is 13.3. The first-order chi connectivity index (χ1) is 11.1. The predicted molar refractivity (Wildman–Crippen MR) is 99.0 cm³/mol. The van der Waals surface area contributed by atoms with Crippen LogP contribution < -0.4 is 11.1 Å². The second-order valence-electron chi connectivity index (χ2n) is 5.64. The number of nitrogen functional groups attached to an aromatic ring is 1. The van der Waals surface area contributed by atoms with Gasteiger partial charge in [-0.1, -0.05) is 18.2 Å². The van der Waals surface area contributed by atoms with Crippen LogP contribution in [0.3, 0.4) is 0 Å². The van der Waals surface area contributed by atoms with Crippen LogP contribution in [-0.4, -0.2) is 11.7 Å². The number of rotatable bonds is 4. The van der Waals surface area contributed by atoms with Crippen molar-refractivity contribution in [3.8, 4) is 0 Å². The third-order valence-corrected chi connectivity index (χ3v) is 5.15. The van der Waals surface area contributed by atoms with Crippen molar-refractivity contribution >= 4 is 35.8 Å². The van der Waals surface area contributed by atoms with Crippen molar-refractivity contribution in [1.29, 1.82) is 0 Å². The molecule has 6 heteroatoms. The van der Waals surface area contributed by atoms with Crippen LogP contribution in [0.15, 0.2) is 47.4 Å². The van der Waals surface area contributed by atoms with Crippen LogP contribution in [0.25, 0.3) is 0 Å². The molecule has 24 heavy (non-hydrogen) atoms. The van der Waals surface area contributed by atoms with Crippen molar-refractivity contribution in [2.45, 2.75) is 30.2 Å². The Morgan fingerprint density at radius 2 is 2.08 bits per heavy atom. The van der Waals surface area contributed by atoms with Crippen LogP contribution in [-0.2, 0) is 11.2 Å². The largest absolute Gasteiger partial charge is 0.399 e. The molecule has 1 atom stereocenters. The van der Waals surface area contributed by atoms with Gasteiger partial charge in [-0.2, -0.15) is 0 Å². The molecule has 1 heterocycles. The molecule has 0 saturated carbocycles. The zero-order chi connectivity index (χ0) is 16.2. The average molecular weight is 367 g/mol. The highest BCUT2D eigenvalue weighted by Gasteiger charge is 2.22. The Kier molecular flexibility index (Phi) is 6.52. The molecule has 2 aromatic rings. The van der Waals surface area contributed by atoms with Crippen LogP contribution in [0.2, 0.25) is 0 Å². The minimum absolute atomic E-state index is 0. The number of benzene rings is 2. The smallest absolute Gasteiger partial charge is 0.220 e. The Hall–Kier alpha value is -1.72. The van der Waals surface area contributed by atoms with Gasteiger partial charge in [0.15, 0.2) is 0 Å². The van der Waals surface area contributed by atoms with E-state index in [0.29, 0.717) is 18.5 Å². The zero-order valence-electron chi connectivity index (χ0n) is 13.1. The van der Waals surface area contributed by atoms with E-state index in [0.717, 1.165) is 28.2 Å². The number of halogens is 2. The van der Waals surface area contributed by atoms with Gasteiger partial charge >= 0.3 is 0 Å². The number of fused-ring (bicyclic) bond motifs is 1. The van der Waals surface area contributed by atoms with E-state index in [-0.39, 0.29) is 30.2 Å². The van der Waals surface area contributed by atoms with Gasteiger partial charge in [-0.25, -0.2) is 4.39 Å². The van der Waals surface area contributed by atoms with Gasteiger partial charge in [0.1, 0.15) is 5.82 Å². The van der Waals surface area contributed by atoms with Gasteiger partial charge in [0, 0.05) is 22.8 Å². The lowest BCUT2D eigenvalue weighted by molar-refractivity contribution is -0.121. The van der Waals surface area contributed by atoms with E-state index in [2.05, 4.69) is 5.32 Å². The maximum atomic E-state index is 13.5. The van der Waals surface area contributed by atoms with Crippen molar-refractivity contribution in [2.24, 2.45) is 0 Å². The van der Waals surface area contributed by atoms with Gasteiger partial charge in [0.25, 0.3) is 0 Å². The number of amides is 1. The van der Waals surface area contributed by atoms with Crippen molar-refractivity contribution in [3.05, 3.63) is 59.4 Å². The molecule has 1 amide bonds. The molecule has 3 nitrogen and oxygen atoms in total. The summed E-state index contributed by atoms with van der Waals surface area (Å²) in [5.41, 5.74) is 8.47. The molecule has 0 aromatic heterocycles. The van der Waals surface area contributed by atoms with E-state index >= 15 is 0 Å². The molecule has 3 rings (SSSR count). The monoisotopic (exact) mass is 366 g/mol. The molecule has 0 fully saturated rings. The summed E-state index contributed by atoms with van der Waals surface area (Å²) in [5, 5.41) is 3.03. The van der Waals surface area contributed by atoms with Crippen LogP contribution >= 0.6 is 24.2 Å². The lowest BCUT2D eigenvalue weighted by Crippen LogP contribution is -2.30. The highest BCUT2D eigenvalue weighted by Crippen LogP contribution is 2.36. The summed E-state index contributed by atoms with van der Waals surface area (Å²) in [6.45, 7) is 0. The number of aryl methyl sites for hydroxylation is 1. The Morgan fingerprint density at radius 3 is 2.88 bits per heavy atom. The molecule has 1 unspecified atom stereocenters. The summed E-state index contributed by atoms with van der Waals surface area (Å²) in [7, 11) is 0. The van der Waals surface area contributed by atoms with E-state index in [9.17, 15) is 9.18 Å². The van der Waals surface area contributed by atoms with Crippen LogP contribution in [0, 0.1) is 5.82 Å². The van der Waals surface area contributed by atoms with Gasteiger partial charge < -0.3 is 11.1 Å². The molecule has 1 aliphatic rings. The molecule has 0 radical (unpaired) electrons. The molecule has 0 bridgehead atoms. The Balaban J connectivity index is 0.00000208. The van der Waals surface area contributed by atoms with Crippen LogP contribution in [0.4, 0.5) is 10.1 Å². The second-order valence-corrected chi connectivity index (χ2v) is 6.77. The second kappa shape index (κ2) is 8.40. The third kappa shape index (κ3) is 4.42. The fourth-order valence-electron chi connectivity index (χ4n) is 2.79. The summed E-state index contributed by atoms with van der Waals surface area (Å²) >= 11 is 1.71. The third-order valence-electron chi connectivity index (χ3n) is 4.02. The highest BCUT2D eigenvalue weighted by atomic mass is 35.5. The first kappa shape index (κ1) is 18.6. The molecular formula is C18H20ClFN2OS. The first-order valence-corrected chi connectivity index (χ1v) is 8.67. The minimum Gasteiger partial charge on any atom is -0.399 e. The van der Waals surface area contributed by atoms with Crippen molar-refractivity contribution in [2.75, 3.05) is 11.5 Å². The van der Waals surface area contributed by atoms with Gasteiger partial charge in [-0.15, -0.1) is 24.2 Å². The first-order valence-electron chi connectivity index (χ1n) is 7.68. The zero-order valence-corrected chi connectivity index (χ0v) is 14.8. The molecule has 2 aromatic carbocycles. The van der Waals surface area contributed by atoms with Crippen molar-refractivity contribution in [1.82, 2.24) is 5.32 Å². The topological polar surface area (TPSA) is 55.1 Å². The van der Waals surface area contributed by atoms with E-state index in [1.807, 2.05) is 24.3 Å². The van der Waals surface area contributed by atoms with Crippen molar-refractivity contribution in [3.63, 3.8) is 0 Å². The number of carbonyl (C=O) groups excluding carboxylic acids is 1. The SMILES string of the molecule is Cl.Nc1ccccc1CCC(=O)NC1CCSc2ccc(F)cc21. The maximum Gasteiger partial charge on any atom is 0.220 e. The maximum absolute atomic E-state index is 13.5. The van der Waals surface area contributed by atoms with Gasteiger partial charge in [-0.05, 0) is 48.2 Å². The Bertz CT molecular complexity index is 726. The fourth-order valence-corrected chi connectivity index (χ4v) is 3.90. The highest BCUT2D eigenvalue weighted by molar-refractivity contribution is 7.99. The molecule has 128 valence electrons. The van der Waals surface area contributed by atoms with Crippen molar-refractivity contribution < 1.29 is 9.18 Å². The molecule has 0 aliphatic carbocycles. The predicted octanol–water partition coefficient (Wildman–Crippen LogP) is 4.12.